The maximum Gasteiger partial charge on any atom is 0.0541 e. The average molecular weight is 1270 g/mol. The molecule has 0 fully saturated rings. The van der Waals surface area contributed by atoms with Gasteiger partial charge in [0.1, 0.15) is 0 Å². The topological polar surface area (TPSA) is 14.8 Å². The van der Waals surface area contributed by atoms with E-state index in [4.69, 9.17) is 0 Å². The van der Waals surface area contributed by atoms with E-state index in [1.807, 2.05) is 0 Å². The third kappa shape index (κ3) is 9.20. The van der Waals surface area contributed by atoms with Gasteiger partial charge in [0, 0.05) is 55.3 Å². The third-order valence-corrected chi connectivity index (χ3v) is 21.2. The molecule has 3 aromatic heterocycles. The van der Waals surface area contributed by atoms with E-state index in [0.717, 1.165) is 17.1 Å². The van der Waals surface area contributed by atoms with Crippen molar-refractivity contribution in [2.45, 2.75) is 5.92 Å². The molecule has 100 heavy (non-hydrogen) atoms. The van der Waals surface area contributed by atoms with Crippen molar-refractivity contribution in [3.05, 3.63) is 393 Å². The lowest BCUT2D eigenvalue weighted by molar-refractivity contribution is 1.02. The first kappa shape index (κ1) is 57.2. The van der Waals surface area contributed by atoms with Crippen LogP contribution in [0.25, 0.3) is 171 Å². The summed E-state index contributed by atoms with van der Waals surface area (Å²) in [4.78, 5) is 0. The van der Waals surface area contributed by atoms with E-state index < -0.39 is 0 Å². The Morgan fingerprint density at radius 1 is 0.160 bits per heavy atom. The molecule has 1 aliphatic carbocycles. The van der Waals surface area contributed by atoms with Gasteiger partial charge in [0.15, 0.2) is 0 Å². The fourth-order valence-electron chi connectivity index (χ4n) is 16.7. The van der Waals surface area contributed by atoms with Gasteiger partial charge in [0.05, 0.1) is 33.1 Å². The zero-order chi connectivity index (χ0) is 65.8. The molecule has 0 amide bonds. The second-order valence-corrected chi connectivity index (χ2v) is 26.6. The lowest BCUT2D eigenvalue weighted by atomic mass is 9.86. The van der Waals surface area contributed by atoms with Crippen LogP contribution in [0.4, 0.5) is 0 Å². The van der Waals surface area contributed by atoms with Crippen molar-refractivity contribution in [2.75, 3.05) is 0 Å². The summed E-state index contributed by atoms with van der Waals surface area (Å²) in [6, 6.07) is 139. The molecule has 466 valence electrons. The Morgan fingerprint density at radius 3 is 0.790 bits per heavy atom. The smallest absolute Gasteiger partial charge is 0.0541 e. The normalized spacial score (nSPS) is 12.2. The molecule has 0 unspecified atom stereocenters. The van der Waals surface area contributed by atoms with Crippen LogP contribution in [-0.2, 0) is 0 Å². The van der Waals surface area contributed by atoms with Gasteiger partial charge in [0.25, 0.3) is 0 Å². The lowest BCUT2D eigenvalue weighted by Crippen LogP contribution is -1.99. The first-order chi connectivity index (χ1) is 49.6. The summed E-state index contributed by atoms with van der Waals surface area (Å²) in [5.74, 6) is 0.212. The first-order valence-electron chi connectivity index (χ1n) is 34.7. The van der Waals surface area contributed by atoms with Crippen LogP contribution < -0.4 is 0 Å². The molecule has 1 aliphatic rings. The van der Waals surface area contributed by atoms with Gasteiger partial charge in [-0.3, -0.25) is 0 Å². The van der Waals surface area contributed by atoms with Crippen LogP contribution in [0.2, 0.25) is 0 Å². The third-order valence-electron chi connectivity index (χ3n) is 21.2. The highest BCUT2D eigenvalue weighted by atomic mass is 15.0. The minimum atomic E-state index is 0.212. The van der Waals surface area contributed by atoms with Crippen molar-refractivity contribution < 1.29 is 0 Å². The van der Waals surface area contributed by atoms with E-state index in [9.17, 15) is 0 Å². The molecular weight excluding hydrogens is 1210 g/mol. The van der Waals surface area contributed by atoms with Gasteiger partial charge in [-0.1, -0.05) is 285 Å². The highest BCUT2D eigenvalue weighted by molar-refractivity contribution is 6.14. The molecule has 0 aliphatic heterocycles. The number of nitrogens with zero attached hydrogens (tertiary/aromatic N) is 3. The van der Waals surface area contributed by atoms with Crippen molar-refractivity contribution in [1.82, 2.24) is 13.7 Å². The zero-order valence-electron chi connectivity index (χ0n) is 54.7. The van der Waals surface area contributed by atoms with Crippen molar-refractivity contribution in [2.24, 2.45) is 0 Å². The molecule has 0 spiro atoms. The highest BCUT2D eigenvalue weighted by Gasteiger charge is 2.30. The van der Waals surface area contributed by atoms with Crippen LogP contribution in [0, 0.1) is 0 Å². The molecule has 0 saturated carbocycles. The molecule has 0 atom stereocenters. The summed E-state index contributed by atoms with van der Waals surface area (Å²) >= 11 is 0. The fourth-order valence-corrected chi connectivity index (χ4v) is 16.7. The SMILES string of the molecule is c1ccc(-n2c3ccccc3c3cc(-c4ccccc4-c4ccccc4-c4ccc5c(c4)c4ccccc4n5-c4ccc(-c5ccc(-n6c7ccccc7c7cc(-c8ccccc8-c8ccccc8-c8ccc(C9c%10ccccc%10-c%10ccccc%109)cc8)ccc76)cc5)cc4)ccc32)cc1. The molecule has 3 heteroatoms. The zero-order valence-corrected chi connectivity index (χ0v) is 54.7. The van der Waals surface area contributed by atoms with E-state index in [2.05, 4.69) is 390 Å². The van der Waals surface area contributed by atoms with E-state index in [1.165, 1.54) is 171 Å². The molecule has 0 radical (unpaired) electrons. The van der Waals surface area contributed by atoms with E-state index in [-0.39, 0.29) is 5.92 Å². The molecule has 0 N–H and O–H groups in total. The molecular formula is C97H63N3. The second-order valence-electron chi connectivity index (χ2n) is 26.6. The Kier molecular flexibility index (Phi) is 13.4. The maximum atomic E-state index is 2.42. The van der Waals surface area contributed by atoms with Crippen LogP contribution in [0.5, 0.6) is 0 Å². The van der Waals surface area contributed by atoms with Gasteiger partial charge >= 0.3 is 0 Å². The first-order valence-corrected chi connectivity index (χ1v) is 34.7. The Bertz CT molecular complexity index is 6390. The maximum absolute atomic E-state index is 2.42. The molecule has 3 nitrogen and oxygen atoms in total. The van der Waals surface area contributed by atoms with Crippen LogP contribution in [0.3, 0.4) is 0 Å². The van der Waals surface area contributed by atoms with Crippen LogP contribution in [0.15, 0.2) is 376 Å². The predicted octanol–water partition coefficient (Wildman–Crippen LogP) is 25.8. The minimum Gasteiger partial charge on any atom is -0.309 e. The number of fused-ring (bicyclic) bond motifs is 12. The van der Waals surface area contributed by atoms with E-state index in [1.54, 1.807) is 0 Å². The average Bonchev–Trinajstić information content (AvgIpc) is 1.60. The molecule has 0 bridgehead atoms. The fraction of sp³-hybridized carbons (Fsp3) is 0.0103. The van der Waals surface area contributed by atoms with Crippen LogP contribution in [-0.4, -0.2) is 13.7 Å². The van der Waals surface area contributed by atoms with Crippen molar-refractivity contribution >= 4 is 65.4 Å². The molecule has 19 aromatic rings. The number of aromatic nitrogens is 3. The summed E-state index contributed by atoms with van der Waals surface area (Å²) < 4.78 is 7.23. The van der Waals surface area contributed by atoms with E-state index in [0.29, 0.717) is 0 Å². The number of benzene rings is 16. The van der Waals surface area contributed by atoms with Crippen molar-refractivity contribution in [3.8, 4) is 106 Å². The number of hydrogen-bond acceptors (Lipinski definition) is 0. The van der Waals surface area contributed by atoms with Gasteiger partial charge in [-0.15, -0.1) is 0 Å². The Hall–Kier alpha value is -13.1. The standard InChI is InChI=1S/C97H63N3/c1-2-22-70(23-3-1)98-91-39-19-16-34-83(91)88-60-68(50-57-94(88)98)75-26-6-10-30-79(75)80-31-11-7-27-76(80)69-52-59-96-90(62-69)85-36-18-21-41-93(85)100(96)72-55-48-64(49-56-72)63-46-53-71(54-47-63)99-92-40-20-17-35-84(92)89-61-67(51-58-95(89)99)74-25-5-9-29-78(74)77-28-8-4-24-73(77)65-42-44-66(45-43-65)97-86-37-14-12-32-81(86)82-33-13-15-38-87(82)97/h1-62,97H. The summed E-state index contributed by atoms with van der Waals surface area (Å²) in [6.45, 7) is 0. The van der Waals surface area contributed by atoms with Gasteiger partial charge in [0.2, 0.25) is 0 Å². The molecule has 3 heterocycles. The Balaban J connectivity index is 0.594. The predicted molar refractivity (Wildman–Crippen MR) is 420 cm³/mol. The number of hydrogen-bond donors (Lipinski definition) is 0. The van der Waals surface area contributed by atoms with Crippen LogP contribution >= 0.6 is 0 Å². The largest absolute Gasteiger partial charge is 0.309 e. The summed E-state index contributed by atoms with van der Waals surface area (Å²) in [7, 11) is 0. The Morgan fingerprint density at radius 2 is 0.420 bits per heavy atom. The van der Waals surface area contributed by atoms with Crippen molar-refractivity contribution in [1.29, 1.82) is 0 Å². The van der Waals surface area contributed by atoms with Crippen LogP contribution in [0.1, 0.15) is 22.6 Å². The number of rotatable bonds is 11. The van der Waals surface area contributed by atoms with Gasteiger partial charge < -0.3 is 13.7 Å². The lowest BCUT2D eigenvalue weighted by Gasteiger charge is -2.17. The van der Waals surface area contributed by atoms with Gasteiger partial charge in [-0.25, -0.2) is 0 Å². The molecule has 0 saturated heterocycles. The second kappa shape index (κ2) is 23.3. The molecule has 16 aromatic carbocycles. The highest BCUT2D eigenvalue weighted by Crippen LogP contribution is 2.50. The summed E-state index contributed by atoms with van der Waals surface area (Å²) in [5, 5.41) is 7.39. The quantitative estimate of drug-likeness (QED) is 0.123. The van der Waals surface area contributed by atoms with Gasteiger partial charge in [-0.2, -0.15) is 0 Å². The minimum absolute atomic E-state index is 0.212. The van der Waals surface area contributed by atoms with Gasteiger partial charge in [-0.05, 0) is 197 Å². The Labute approximate surface area is 580 Å². The monoisotopic (exact) mass is 1270 g/mol. The molecule has 20 rings (SSSR count). The summed E-state index contributed by atoms with van der Waals surface area (Å²) in [5.41, 5.74) is 34.0. The summed E-state index contributed by atoms with van der Waals surface area (Å²) in [6.07, 6.45) is 0. The van der Waals surface area contributed by atoms with Crippen molar-refractivity contribution in [3.63, 3.8) is 0 Å². The number of para-hydroxylation sites is 4. The van der Waals surface area contributed by atoms with E-state index >= 15 is 0 Å².